The molecule has 0 spiro atoms. The van der Waals surface area contributed by atoms with E-state index >= 15 is 0 Å². The summed E-state index contributed by atoms with van der Waals surface area (Å²) in [6, 6.07) is 0. The van der Waals surface area contributed by atoms with Gasteiger partial charge in [0.25, 0.3) is 0 Å². The summed E-state index contributed by atoms with van der Waals surface area (Å²) in [5.41, 5.74) is 0. The largest absolute Gasteiger partial charge is 0.466 e. The van der Waals surface area contributed by atoms with Gasteiger partial charge in [0.15, 0.2) is 5.78 Å². The second-order valence-electron chi connectivity index (χ2n) is 2.95. The summed E-state index contributed by atoms with van der Waals surface area (Å²) in [6.07, 6.45) is -3.56. The topological polar surface area (TPSA) is 165 Å². The zero-order valence-corrected chi connectivity index (χ0v) is 8.90. The van der Waals surface area contributed by atoms with E-state index in [2.05, 4.69) is 0 Å². The first-order valence-electron chi connectivity index (χ1n) is 4.06. The normalized spacial score (nSPS) is 30.6. The number of aliphatic hydroxyl groups excluding tert-OH is 3. The molecule has 1 saturated heterocycles. The summed E-state index contributed by atoms with van der Waals surface area (Å²) in [7, 11) is -4.64. The minimum Gasteiger partial charge on any atom is -0.394 e. The lowest BCUT2D eigenvalue weighted by Crippen LogP contribution is -2.51. The Balaban J connectivity index is 0.000000385. The predicted octanol–water partition coefficient (Wildman–Crippen LogP) is -3.26. The zero-order chi connectivity index (χ0) is 12.9. The minimum absolute atomic E-state index is 0.247. The molecule has 1 aliphatic rings. The number of carbonyl (C=O) groups excluding carboxylic acids is 1. The van der Waals surface area contributed by atoms with Crippen molar-refractivity contribution in [2.24, 2.45) is 0 Å². The van der Waals surface area contributed by atoms with Crippen LogP contribution in [0.5, 0.6) is 0 Å². The van der Waals surface area contributed by atoms with Gasteiger partial charge in [0, 0.05) is 0 Å². The van der Waals surface area contributed by atoms with E-state index in [1.807, 2.05) is 0 Å². The van der Waals surface area contributed by atoms with Crippen LogP contribution in [0.4, 0.5) is 0 Å². The van der Waals surface area contributed by atoms with E-state index in [-0.39, 0.29) is 6.61 Å². The maximum absolute atomic E-state index is 10.6. The molecule has 16 heavy (non-hydrogen) atoms. The summed E-state index contributed by atoms with van der Waals surface area (Å²) in [5, 5.41) is 26.6. The van der Waals surface area contributed by atoms with Crippen LogP contribution in [0, 0.1) is 0 Å². The van der Waals surface area contributed by atoms with Crippen LogP contribution >= 0.6 is 7.82 Å². The number of carbonyl (C=O) groups is 1. The molecule has 10 heteroatoms. The lowest BCUT2D eigenvalue weighted by molar-refractivity contribution is -0.170. The Hall–Kier alpha value is -0.380. The second kappa shape index (κ2) is 6.38. The predicted molar refractivity (Wildman–Crippen MR) is 48.1 cm³/mol. The van der Waals surface area contributed by atoms with Gasteiger partial charge in [-0.05, 0) is 0 Å². The molecule has 0 amide bonds. The summed E-state index contributed by atoms with van der Waals surface area (Å²) >= 11 is 0. The van der Waals surface area contributed by atoms with Gasteiger partial charge in [-0.25, -0.2) is 4.57 Å². The molecule has 9 nitrogen and oxygen atoms in total. The standard InChI is InChI=1S/C6H10O5.H3O4P/c7-1-4-6(10)5(9)3(8)2-11-4;1-5(2,3)4/h4-7,9-10H,1-2H2;(H3,1,2,3,4)/t4-,5-,6-;/m1./s1. The number of ether oxygens (including phenoxy) is 1. The van der Waals surface area contributed by atoms with Crippen molar-refractivity contribution < 1.29 is 44.1 Å². The van der Waals surface area contributed by atoms with Crippen molar-refractivity contribution in [3.63, 3.8) is 0 Å². The lowest BCUT2D eigenvalue weighted by Gasteiger charge is -2.29. The van der Waals surface area contributed by atoms with E-state index in [1.54, 1.807) is 0 Å². The molecular formula is C6H13O9P. The average Bonchev–Trinajstić information content (AvgIpc) is 2.12. The van der Waals surface area contributed by atoms with Crippen molar-refractivity contribution in [2.45, 2.75) is 18.3 Å². The van der Waals surface area contributed by atoms with Crippen molar-refractivity contribution in [3.8, 4) is 0 Å². The number of aliphatic hydroxyl groups is 3. The van der Waals surface area contributed by atoms with Gasteiger partial charge in [0.05, 0.1) is 6.61 Å². The highest BCUT2D eigenvalue weighted by molar-refractivity contribution is 7.45. The van der Waals surface area contributed by atoms with Gasteiger partial charge < -0.3 is 34.7 Å². The Morgan fingerprint density at radius 2 is 1.75 bits per heavy atom. The zero-order valence-electron chi connectivity index (χ0n) is 8.00. The molecule has 0 aliphatic carbocycles. The highest BCUT2D eigenvalue weighted by Gasteiger charge is 2.36. The molecule has 6 N–H and O–H groups in total. The number of ketones is 1. The number of Topliss-reactive ketones (excluding diaryl/α,β-unsaturated/α-hetero) is 1. The molecular weight excluding hydrogens is 247 g/mol. The Morgan fingerprint density at radius 3 is 2.12 bits per heavy atom. The van der Waals surface area contributed by atoms with Crippen molar-refractivity contribution in [3.05, 3.63) is 0 Å². The minimum atomic E-state index is -4.64. The van der Waals surface area contributed by atoms with Gasteiger partial charge in [-0.15, -0.1) is 0 Å². The number of hydrogen-bond acceptors (Lipinski definition) is 6. The molecule has 96 valence electrons. The van der Waals surface area contributed by atoms with Crippen molar-refractivity contribution >= 4 is 13.6 Å². The summed E-state index contributed by atoms with van der Waals surface area (Å²) < 4.78 is 13.6. The first-order valence-corrected chi connectivity index (χ1v) is 5.63. The van der Waals surface area contributed by atoms with Gasteiger partial charge in [-0.1, -0.05) is 0 Å². The molecule has 0 aromatic heterocycles. The third-order valence-corrected chi connectivity index (χ3v) is 1.65. The molecule has 0 saturated carbocycles. The van der Waals surface area contributed by atoms with E-state index in [9.17, 15) is 4.79 Å². The number of hydrogen-bond donors (Lipinski definition) is 6. The molecule has 0 aromatic rings. The molecule has 0 aromatic carbocycles. The first-order chi connectivity index (χ1) is 7.16. The Labute approximate surface area is 90.2 Å². The van der Waals surface area contributed by atoms with Gasteiger partial charge in [-0.2, -0.15) is 0 Å². The second-order valence-corrected chi connectivity index (χ2v) is 3.97. The lowest BCUT2D eigenvalue weighted by atomic mass is 10.0. The summed E-state index contributed by atoms with van der Waals surface area (Å²) in [5.74, 6) is -0.554. The third-order valence-electron chi connectivity index (χ3n) is 1.65. The molecule has 1 fully saturated rings. The molecule has 0 unspecified atom stereocenters. The monoisotopic (exact) mass is 260 g/mol. The SMILES string of the molecule is O=C1CO[C@H](CO)[C@@H](O)[C@@H]1O.O=P(O)(O)O. The molecule has 0 radical (unpaired) electrons. The molecule has 1 aliphatic heterocycles. The van der Waals surface area contributed by atoms with E-state index < -0.39 is 38.5 Å². The fourth-order valence-corrected chi connectivity index (χ4v) is 0.928. The number of phosphoric acid groups is 1. The van der Waals surface area contributed by atoms with E-state index in [4.69, 9.17) is 39.3 Å². The molecule has 3 atom stereocenters. The average molecular weight is 260 g/mol. The fraction of sp³-hybridized carbons (Fsp3) is 0.833. The maximum atomic E-state index is 10.6. The Kier molecular flexibility index (Phi) is 6.23. The van der Waals surface area contributed by atoms with Gasteiger partial charge in [0.1, 0.15) is 24.9 Å². The highest BCUT2D eigenvalue weighted by Crippen LogP contribution is 2.25. The van der Waals surface area contributed by atoms with Gasteiger partial charge >= 0.3 is 7.82 Å². The van der Waals surface area contributed by atoms with Gasteiger partial charge in [0.2, 0.25) is 0 Å². The van der Waals surface area contributed by atoms with Crippen molar-refractivity contribution in [1.82, 2.24) is 0 Å². The molecule has 0 bridgehead atoms. The molecule has 1 rings (SSSR count). The smallest absolute Gasteiger partial charge is 0.394 e. The number of rotatable bonds is 1. The summed E-state index contributed by atoms with van der Waals surface area (Å²) in [4.78, 5) is 32.2. The fourth-order valence-electron chi connectivity index (χ4n) is 0.928. The van der Waals surface area contributed by atoms with Crippen molar-refractivity contribution in [2.75, 3.05) is 13.2 Å². The highest BCUT2D eigenvalue weighted by atomic mass is 31.2. The van der Waals surface area contributed by atoms with Gasteiger partial charge in [-0.3, -0.25) is 4.79 Å². The van der Waals surface area contributed by atoms with Crippen LogP contribution in [0.2, 0.25) is 0 Å². The molecule has 1 heterocycles. The van der Waals surface area contributed by atoms with Crippen LogP contribution < -0.4 is 0 Å². The maximum Gasteiger partial charge on any atom is 0.466 e. The van der Waals surface area contributed by atoms with E-state index in [1.165, 1.54) is 0 Å². The Morgan fingerprint density at radius 1 is 1.31 bits per heavy atom. The van der Waals surface area contributed by atoms with Crippen molar-refractivity contribution in [1.29, 1.82) is 0 Å². The van der Waals surface area contributed by atoms with Crippen LogP contribution in [-0.4, -0.2) is 67.3 Å². The van der Waals surface area contributed by atoms with Crippen LogP contribution in [0.15, 0.2) is 0 Å². The third kappa shape index (κ3) is 6.26. The Bertz CT molecular complexity index is 265. The van der Waals surface area contributed by atoms with Crippen LogP contribution in [0.25, 0.3) is 0 Å². The van der Waals surface area contributed by atoms with E-state index in [0.717, 1.165) is 0 Å². The van der Waals surface area contributed by atoms with Crippen LogP contribution in [-0.2, 0) is 14.1 Å². The van der Waals surface area contributed by atoms with Crippen LogP contribution in [0.1, 0.15) is 0 Å². The quantitative estimate of drug-likeness (QED) is 0.265. The summed E-state index contributed by atoms with van der Waals surface area (Å²) in [6.45, 7) is -0.644. The first kappa shape index (κ1) is 15.6. The van der Waals surface area contributed by atoms with Crippen LogP contribution in [0.3, 0.4) is 0 Å². The van der Waals surface area contributed by atoms with E-state index in [0.29, 0.717) is 0 Å².